The second kappa shape index (κ2) is 7.30. The normalized spacial score (nSPS) is 18.6. The van der Waals surface area contributed by atoms with E-state index in [-0.39, 0.29) is 17.8 Å². The van der Waals surface area contributed by atoms with E-state index >= 15 is 0 Å². The maximum absolute atomic E-state index is 12.8. The summed E-state index contributed by atoms with van der Waals surface area (Å²) in [6.45, 7) is 1.26. The Morgan fingerprint density at radius 3 is 2.88 bits per heavy atom. The van der Waals surface area contributed by atoms with Gasteiger partial charge in [0.15, 0.2) is 5.78 Å². The Kier molecular flexibility index (Phi) is 4.71. The molecule has 0 radical (unpaired) electrons. The molecule has 2 aliphatic rings. The van der Waals surface area contributed by atoms with Crippen molar-refractivity contribution in [1.29, 1.82) is 0 Å². The van der Waals surface area contributed by atoms with Crippen LogP contribution in [0.1, 0.15) is 45.5 Å². The Labute approximate surface area is 152 Å². The van der Waals surface area contributed by atoms with Crippen molar-refractivity contribution in [3.63, 3.8) is 0 Å². The smallest absolute Gasteiger partial charge is 0.256 e. The van der Waals surface area contributed by atoms with Crippen molar-refractivity contribution in [1.82, 2.24) is 0 Å². The first kappa shape index (κ1) is 16.8. The molecule has 1 heterocycles. The molecular weight excluding hydrogens is 330 g/mol. The van der Waals surface area contributed by atoms with Crippen molar-refractivity contribution in [3.8, 4) is 5.75 Å². The van der Waals surface area contributed by atoms with E-state index in [9.17, 15) is 9.59 Å². The number of ketones is 1. The van der Waals surface area contributed by atoms with Crippen LogP contribution in [-0.2, 0) is 11.2 Å². The van der Waals surface area contributed by atoms with Crippen molar-refractivity contribution in [2.45, 2.75) is 31.8 Å². The molecule has 1 N–H and O–H groups in total. The summed E-state index contributed by atoms with van der Waals surface area (Å²) in [5.41, 5.74) is 2.69. The monoisotopic (exact) mass is 351 g/mol. The summed E-state index contributed by atoms with van der Waals surface area (Å²) in [6.07, 6.45) is 3.26. The highest BCUT2D eigenvalue weighted by Crippen LogP contribution is 2.29. The molecule has 1 aliphatic carbocycles. The zero-order valence-corrected chi connectivity index (χ0v) is 14.5. The highest BCUT2D eigenvalue weighted by Gasteiger charge is 2.25. The van der Waals surface area contributed by atoms with Crippen LogP contribution in [0, 0.1) is 0 Å². The standard InChI is InChI=1S/C21H21NO4/c23-19-11-10-15-16(19)6-3-7-17(15)21(24)22-18-8-1-2-9-20(18)26-13-14-5-4-12-25-14/h1-3,6-9,14H,4-5,10-13H2,(H,22,24). The van der Waals surface area contributed by atoms with Crippen LogP contribution >= 0.6 is 0 Å². The third-order valence-electron chi connectivity index (χ3n) is 4.91. The fourth-order valence-electron chi connectivity index (χ4n) is 3.55. The largest absolute Gasteiger partial charge is 0.489 e. The summed E-state index contributed by atoms with van der Waals surface area (Å²) in [6, 6.07) is 12.7. The minimum atomic E-state index is -0.218. The Hall–Kier alpha value is -2.66. The first-order chi connectivity index (χ1) is 12.7. The van der Waals surface area contributed by atoms with E-state index in [0.29, 0.717) is 42.0 Å². The van der Waals surface area contributed by atoms with E-state index in [1.807, 2.05) is 24.3 Å². The van der Waals surface area contributed by atoms with Gasteiger partial charge in [0.05, 0.1) is 11.8 Å². The van der Waals surface area contributed by atoms with Crippen LogP contribution in [0.2, 0.25) is 0 Å². The van der Waals surface area contributed by atoms with Crippen LogP contribution in [0.3, 0.4) is 0 Å². The maximum atomic E-state index is 12.8. The molecular formula is C21H21NO4. The van der Waals surface area contributed by atoms with Gasteiger partial charge in [-0.2, -0.15) is 0 Å². The molecule has 2 aromatic carbocycles. The van der Waals surface area contributed by atoms with Gasteiger partial charge < -0.3 is 14.8 Å². The fraction of sp³-hybridized carbons (Fsp3) is 0.333. The van der Waals surface area contributed by atoms with Crippen molar-refractivity contribution < 1.29 is 19.1 Å². The van der Waals surface area contributed by atoms with E-state index in [2.05, 4.69) is 5.32 Å². The van der Waals surface area contributed by atoms with Crippen LogP contribution in [0.25, 0.3) is 0 Å². The quantitative estimate of drug-likeness (QED) is 0.893. The number of hydrogen-bond acceptors (Lipinski definition) is 4. The van der Waals surface area contributed by atoms with Gasteiger partial charge in [-0.25, -0.2) is 0 Å². The Bertz CT molecular complexity index is 840. The van der Waals surface area contributed by atoms with E-state index in [0.717, 1.165) is 25.0 Å². The average molecular weight is 351 g/mol. The summed E-state index contributed by atoms with van der Waals surface area (Å²) >= 11 is 0. The highest BCUT2D eigenvalue weighted by atomic mass is 16.5. The zero-order chi connectivity index (χ0) is 17.9. The molecule has 5 nitrogen and oxygen atoms in total. The van der Waals surface area contributed by atoms with Crippen LogP contribution in [-0.4, -0.2) is 31.0 Å². The lowest BCUT2D eigenvalue weighted by atomic mass is 10.0. The van der Waals surface area contributed by atoms with Gasteiger partial charge in [0.2, 0.25) is 0 Å². The molecule has 1 fully saturated rings. The van der Waals surface area contributed by atoms with E-state index < -0.39 is 0 Å². The number of nitrogens with one attached hydrogen (secondary N) is 1. The lowest BCUT2D eigenvalue weighted by Gasteiger charge is -2.15. The first-order valence-corrected chi connectivity index (χ1v) is 9.02. The van der Waals surface area contributed by atoms with Gasteiger partial charge >= 0.3 is 0 Å². The van der Waals surface area contributed by atoms with Crippen molar-refractivity contribution in [2.75, 3.05) is 18.5 Å². The molecule has 1 saturated heterocycles. The van der Waals surface area contributed by atoms with Crippen molar-refractivity contribution in [2.24, 2.45) is 0 Å². The number of anilines is 1. The van der Waals surface area contributed by atoms with Crippen molar-refractivity contribution >= 4 is 17.4 Å². The predicted molar refractivity (Wildman–Crippen MR) is 98.0 cm³/mol. The molecule has 5 heteroatoms. The summed E-state index contributed by atoms with van der Waals surface area (Å²) in [5, 5.41) is 2.93. The average Bonchev–Trinajstić information content (AvgIpc) is 3.31. The van der Waals surface area contributed by atoms with Crippen LogP contribution in [0.4, 0.5) is 5.69 Å². The molecule has 4 rings (SSSR count). The fourth-order valence-corrected chi connectivity index (χ4v) is 3.55. The van der Waals surface area contributed by atoms with Gasteiger partial charge in [0, 0.05) is 24.2 Å². The SMILES string of the molecule is O=C1CCc2c1cccc2C(=O)Nc1ccccc1OCC1CCCO1. The molecule has 1 atom stereocenters. The number of benzene rings is 2. The Morgan fingerprint density at radius 1 is 1.15 bits per heavy atom. The van der Waals surface area contributed by atoms with Gasteiger partial charge in [-0.1, -0.05) is 24.3 Å². The molecule has 0 bridgehead atoms. The Balaban J connectivity index is 1.51. The molecule has 2 aromatic rings. The van der Waals surface area contributed by atoms with Gasteiger partial charge in [0.25, 0.3) is 5.91 Å². The third-order valence-corrected chi connectivity index (χ3v) is 4.91. The summed E-state index contributed by atoms with van der Waals surface area (Å²) < 4.78 is 11.5. The summed E-state index contributed by atoms with van der Waals surface area (Å²) in [5.74, 6) is 0.514. The lowest BCUT2D eigenvalue weighted by Crippen LogP contribution is -2.18. The molecule has 1 unspecified atom stereocenters. The second-order valence-corrected chi connectivity index (χ2v) is 6.65. The molecule has 1 amide bonds. The van der Waals surface area contributed by atoms with Gasteiger partial charge in [-0.05, 0) is 43.0 Å². The topological polar surface area (TPSA) is 64.6 Å². The molecule has 0 saturated carbocycles. The van der Waals surface area contributed by atoms with E-state index in [4.69, 9.17) is 9.47 Å². The number of para-hydroxylation sites is 2. The highest BCUT2D eigenvalue weighted by molar-refractivity contribution is 6.10. The second-order valence-electron chi connectivity index (χ2n) is 6.65. The number of fused-ring (bicyclic) bond motifs is 1. The predicted octanol–water partition coefficient (Wildman–Crippen LogP) is 3.63. The minimum absolute atomic E-state index is 0.106. The number of rotatable bonds is 5. The summed E-state index contributed by atoms with van der Waals surface area (Å²) in [7, 11) is 0. The van der Waals surface area contributed by atoms with Gasteiger partial charge in [-0.3, -0.25) is 9.59 Å². The summed E-state index contributed by atoms with van der Waals surface area (Å²) in [4.78, 5) is 24.7. The van der Waals surface area contributed by atoms with E-state index in [1.165, 1.54) is 0 Å². The molecule has 0 spiro atoms. The number of carbonyl (C=O) groups is 2. The number of ether oxygens (including phenoxy) is 2. The lowest BCUT2D eigenvalue weighted by molar-refractivity contribution is 0.0682. The third kappa shape index (κ3) is 3.35. The Morgan fingerprint density at radius 2 is 2.04 bits per heavy atom. The van der Waals surface area contributed by atoms with Crippen LogP contribution in [0.5, 0.6) is 5.75 Å². The number of hydrogen-bond donors (Lipinski definition) is 1. The zero-order valence-electron chi connectivity index (χ0n) is 14.5. The van der Waals surface area contributed by atoms with Gasteiger partial charge in [0.1, 0.15) is 12.4 Å². The molecule has 26 heavy (non-hydrogen) atoms. The first-order valence-electron chi connectivity index (χ1n) is 9.02. The number of Topliss-reactive ketones (excluding diaryl/α,β-unsaturated/α-hetero) is 1. The minimum Gasteiger partial charge on any atom is -0.489 e. The van der Waals surface area contributed by atoms with Crippen LogP contribution < -0.4 is 10.1 Å². The molecule has 134 valence electrons. The number of amides is 1. The molecule has 1 aliphatic heterocycles. The molecule has 0 aromatic heterocycles. The van der Waals surface area contributed by atoms with Crippen LogP contribution in [0.15, 0.2) is 42.5 Å². The van der Waals surface area contributed by atoms with E-state index in [1.54, 1.807) is 18.2 Å². The maximum Gasteiger partial charge on any atom is 0.256 e. The van der Waals surface area contributed by atoms with Gasteiger partial charge in [-0.15, -0.1) is 0 Å². The number of carbonyl (C=O) groups excluding carboxylic acids is 2. The van der Waals surface area contributed by atoms with Crippen molar-refractivity contribution in [3.05, 3.63) is 59.2 Å².